The van der Waals surface area contributed by atoms with E-state index in [1.165, 1.54) is 0 Å². The summed E-state index contributed by atoms with van der Waals surface area (Å²) < 4.78 is 27.5. The molecule has 0 spiro atoms. The van der Waals surface area contributed by atoms with Gasteiger partial charge in [0.2, 0.25) is 0 Å². The molecule has 5 rings (SSSR count). The first-order valence-electron chi connectivity index (χ1n) is 12.4. The van der Waals surface area contributed by atoms with Gasteiger partial charge in [0.05, 0.1) is 33.0 Å². The zero-order valence-electron chi connectivity index (χ0n) is 21.4. The van der Waals surface area contributed by atoms with E-state index in [0.29, 0.717) is 69.6 Å². The molecule has 0 aliphatic carbocycles. The summed E-state index contributed by atoms with van der Waals surface area (Å²) in [4.78, 5) is 9.00. The summed E-state index contributed by atoms with van der Waals surface area (Å²) in [6.07, 6.45) is 0. The molecule has 0 aromatic rings. The molecule has 2 fully saturated rings. The van der Waals surface area contributed by atoms with Crippen LogP contribution in [-0.4, -0.2) is 71.7 Å². The Morgan fingerprint density at radius 3 is 1.30 bits per heavy atom. The molecule has 0 aromatic carbocycles. The molecule has 186 valence electrons. The fraction of sp³-hybridized carbons (Fsp3) is 0.833. The Morgan fingerprint density at radius 2 is 1.00 bits per heavy atom. The monoisotopic (exact) mass is 480 g/mol. The Balaban J connectivity index is 0.000000157. The van der Waals surface area contributed by atoms with Gasteiger partial charge >= 0.3 is 0 Å². The molecular formula is C24H41N4O4P. The predicted molar refractivity (Wildman–Crippen MR) is 132 cm³/mol. The van der Waals surface area contributed by atoms with Gasteiger partial charge in [-0.3, -0.25) is 9.34 Å². The van der Waals surface area contributed by atoms with Crippen LogP contribution in [0.2, 0.25) is 0 Å². The lowest BCUT2D eigenvalue weighted by atomic mass is 10.1. The molecule has 0 amide bonds. The first kappa shape index (κ1) is 24.4. The van der Waals surface area contributed by atoms with Crippen molar-refractivity contribution in [3.8, 4) is 0 Å². The Labute approximate surface area is 200 Å². The third-order valence-electron chi connectivity index (χ3n) is 6.89. The van der Waals surface area contributed by atoms with E-state index in [2.05, 4.69) is 74.7 Å². The zero-order chi connectivity index (χ0) is 23.9. The number of hydrogen-bond acceptors (Lipinski definition) is 8. The van der Waals surface area contributed by atoms with Crippen molar-refractivity contribution in [2.45, 2.75) is 79.6 Å². The number of aliphatic imine (C=N–C) groups is 2. The van der Waals surface area contributed by atoms with Gasteiger partial charge in [-0.15, -0.1) is 0 Å². The molecule has 0 N–H and O–H groups in total. The molecule has 9 heteroatoms. The van der Waals surface area contributed by atoms with Crippen LogP contribution in [0.25, 0.3) is 0 Å². The van der Waals surface area contributed by atoms with Crippen molar-refractivity contribution in [3.05, 3.63) is 11.8 Å². The number of hydrogen-bond donors (Lipinski definition) is 0. The minimum absolute atomic E-state index is 0.249. The number of ether oxygens (including phenoxy) is 4. The van der Waals surface area contributed by atoms with E-state index in [1.807, 2.05) is 0 Å². The molecule has 0 bridgehead atoms. The third kappa shape index (κ3) is 4.91. The highest BCUT2D eigenvalue weighted by atomic mass is 31.1. The lowest BCUT2D eigenvalue weighted by Crippen LogP contribution is -2.31. The van der Waals surface area contributed by atoms with E-state index >= 15 is 0 Å². The van der Waals surface area contributed by atoms with Gasteiger partial charge in [-0.1, -0.05) is 55.4 Å². The average Bonchev–Trinajstić information content (AvgIpc) is 3.53. The van der Waals surface area contributed by atoms with Crippen molar-refractivity contribution in [1.82, 2.24) is 9.34 Å². The zero-order valence-corrected chi connectivity index (χ0v) is 22.4. The van der Waals surface area contributed by atoms with E-state index in [4.69, 9.17) is 18.9 Å². The molecule has 5 aliphatic rings. The van der Waals surface area contributed by atoms with Gasteiger partial charge in [-0.2, -0.15) is 0 Å². The van der Waals surface area contributed by atoms with Crippen LogP contribution in [0, 0.1) is 23.7 Å². The normalized spacial score (nSPS) is 30.2. The van der Waals surface area contributed by atoms with Gasteiger partial charge in [0.25, 0.3) is 23.6 Å². The molecule has 8 nitrogen and oxygen atoms in total. The minimum atomic E-state index is 0.249. The van der Waals surface area contributed by atoms with E-state index in [9.17, 15) is 0 Å². The molecule has 33 heavy (non-hydrogen) atoms. The first-order valence-corrected chi connectivity index (χ1v) is 13.3. The lowest BCUT2D eigenvalue weighted by Gasteiger charge is -2.28. The number of nitrogens with zero attached hydrogens (tertiary/aromatic N) is 4. The summed E-state index contributed by atoms with van der Waals surface area (Å²) >= 11 is 0. The molecule has 0 unspecified atom stereocenters. The summed E-state index contributed by atoms with van der Waals surface area (Å²) in [5.74, 6) is 5.43. The van der Waals surface area contributed by atoms with Crippen LogP contribution >= 0.6 is 8.88 Å². The highest BCUT2D eigenvalue weighted by molar-refractivity contribution is 7.33. The van der Waals surface area contributed by atoms with Crippen molar-refractivity contribution < 1.29 is 18.9 Å². The second kappa shape index (κ2) is 9.89. The summed E-state index contributed by atoms with van der Waals surface area (Å²) in [5, 5.41) is 0. The van der Waals surface area contributed by atoms with E-state index in [-0.39, 0.29) is 12.1 Å². The minimum Gasteiger partial charge on any atom is -0.473 e. The van der Waals surface area contributed by atoms with Gasteiger partial charge in [0.1, 0.15) is 26.4 Å². The molecule has 5 heterocycles. The molecule has 2 saturated heterocycles. The summed E-state index contributed by atoms with van der Waals surface area (Å²) in [6.45, 7) is 20.6. The van der Waals surface area contributed by atoms with Gasteiger partial charge in [-0.05, 0) is 23.7 Å². The van der Waals surface area contributed by atoms with E-state index in [0.717, 1.165) is 25.0 Å². The van der Waals surface area contributed by atoms with Crippen LogP contribution in [0.1, 0.15) is 55.4 Å². The quantitative estimate of drug-likeness (QED) is 0.549. The third-order valence-corrected chi connectivity index (χ3v) is 8.39. The van der Waals surface area contributed by atoms with Crippen molar-refractivity contribution in [1.29, 1.82) is 0 Å². The molecule has 0 radical (unpaired) electrons. The Kier molecular flexibility index (Phi) is 7.32. The van der Waals surface area contributed by atoms with Gasteiger partial charge in [0, 0.05) is 0 Å². The summed E-state index contributed by atoms with van der Waals surface area (Å²) in [7, 11) is 0.665. The highest BCUT2D eigenvalue weighted by Gasteiger charge is 2.48. The van der Waals surface area contributed by atoms with Crippen molar-refractivity contribution in [2.24, 2.45) is 33.7 Å². The Morgan fingerprint density at radius 1 is 0.606 bits per heavy atom. The fourth-order valence-corrected chi connectivity index (χ4v) is 6.06. The van der Waals surface area contributed by atoms with Crippen molar-refractivity contribution in [2.75, 3.05) is 26.4 Å². The standard InChI is InChI=1S/C12H21N2O2P.C12H20N2O2/c1-7(2)9-5-15-11-12-14(17-13(9)11)10(6-16-12)8(3)4;1-7(2)9-5-15-11(13-9)12-14-10(6-16-12)8(3)4/h7-10,17H,5-6H2,1-4H3;7-10H,5-6H2,1-4H3/t2*9-,10-/m11/s1. The molecule has 5 aliphatic heterocycles. The van der Waals surface area contributed by atoms with Crippen LogP contribution in [0.3, 0.4) is 0 Å². The summed E-state index contributed by atoms with van der Waals surface area (Å²) in [6, 6.07) is 1.52. The smallest absolute Gasteiger partial charge is 0.273 e. The topological polar surface area (TPSA) is 68.1 Å². The van der Waals surface area contributed by atoms with Crippen LogP contribution < -0.4 is 0 Å². The highest BCUT2D eigenvalue weighted by Crippen LogP contribution is 2.52. The first-order chi connectivity index (χ1) is 15.7. The van der Waals surface area contributed by atoms with E-state index in [1.54, 1.807) is 0 Å². The molecular weight excluding hydrogens is 439 g/mol. The van der Waals surface area contributed by atoms with Crippen LogP contribution in [0.15, 0.2) is 21.8 Å². The largest absolute Gasteiger partial charge is 0.473 e. The average molecular weight is 481 g/mol. The molecule has 0 aromatic heterocycles. The van der Waals surface area contributed by atoms with Crippen LogP contribution in [0.5, 0.6) is 0 Å². The maximum absolute atomic E-state index is 5.84. The van der Waals surface area contributed by atoms with Crippen molar-refractivity contribution in [3.63, 3.8) is 0 Å². The van der Waals surface area contributed by atoms with Crippen LogP contribution in [-0.2, 0) is 18.9 Å². The number of rotatable bonds is 5. The SMILES string of the molecule is CC(C)[C@H]1COC(C2=N[C@@H](C(C)C)CO2)=N1.CC(C)[C@H]1COC2=C3OC[C@H](C(C)C)N3PN21. The van der Waals surface area contributed by atoms with Crippen molar-refractivity contribution >= 4 is 20.7 Å². The maximum Gasteiger partial charge on any atom is 0.273 e. The predicted octanol–water partition coefficient (Wildman–Crippen LogP) is 4.24. The fourth-order valence-electron chi connectivity index (χ4n) is 4.28. The lowest BCUT2D eigenvalue weighted by molar-refractivity contribution is 0.187. The second-order valence-electron chi connectivity index (χ2n) is 10.8. The molecule has 0 saturated carbocycles. The maximum atomic E-state index is 5.84. The van der Waals surface area contributed by atoms with Gasteiger partial charge < -0.3 is 18.9 Å². The molecule has 4 atom stereocenters. The van der Waals surface area contributed by atoms with Gasteiger partial charge in [-0.25, -0.2) is 9.98 Å². The second-order valence-corrected chi connectivity index (χ2v) is 12.0. The summed E-state index contributed by atoms with van der Waals surface area (Å²) in [5.41, 5.74) is 0. The van der Waals surface area contributed by atoms with E-state index < -0.39 is 0 Å². The van der Waals surface area contributed by atoms with Crippen LogP contribution in [0.4, 0.5) is 0 Å². The number of fused-ring (bicyclic) bond motifs is 2. The Hall–Kier alpha value is -1.69. The Bertz CT molecular complexity index is 746. The van der Waals surface area contributed by atoms with Gasteiger partial charge in [0.15, 0.2) is 0 Å².